The Hall–Kier alpha value is -3.58. The fourth-order valence-corrected chi connectivity index (χ4v) is 4.05. The van der Waals surface area contributed by atoms with Crippen LogP contribution in [0.25, 0.3) is 22.2 Å². The molecule has 2 aromatic heterocycles. The molecule has 0 saturated heterocycles. The van der Waals surface area contributed by atoms with Crippen molar-refractivity contribution in [1.29, 1.82) is 0 Å². The molecule has 30 heavy (non-hydrogen) atoms. The van der Waals surface area contributed by atoms with Crippen LogP contribution in [0.5, 0.6) is 0 Å². The molecule has 4 N–H and O–H groups in total. The minimum absolute atomic E-state index is 0.332. The zero-order chi connectivity index (χ0) is 20.9. The third-order valence-corrected chi connectivity index (χ3v) is 5.79. The molecular weight excluding hydrogens is 396 g/mol. The summed E-state index contributed by atoms with van der Waals surface area (Å²) in [5, 5.41) is 3.66. The Bertz CT molecular complexity index is 1180. The number of H-pyrrole nitrogens is 1. The maximum absolute atomic E-state index is 12.7. The largest absolute Gasteiger partial charge is 0.368 e. The lowest BCUT2D eigenvalue weighted by Crippen LogP contribution is -2.46. The summed E-state index contributed by atoms with van der Waals surface area (Å²) in [6, 6.07) is 20.1. The smallest absolute Gasteiger partial charge is 0.251 e. The molecule has 0 aliphatic rings. The molecule has 4 aromatic rings. The summed E-state index contributed by atoms with van der Waals surface area (Å²) in [6.45, 7) is 0. The minimum atomic E-state index is -0.767. The Morgan fingerprint density at radius 3 is 2.53 bits per heavy atom. The molecule has 6 nitrogen and oxygen atoms in total. The highest BCUT2D eigenvalue weighted by Crippen LogP contribution is 2.24. The van der Waals surface area contributed by atoms with Crippen LogP contribution in [0.2, 0.25) is 0 Å². The van der Waals surface area contributed by atoms with Gasteiger partial charge >= 0.3 is 0 Å². The standard InChI is InChI=1S/C23H20N4O2S/c24-22(28)21(14-30-18-4-2-1-3-5-18)27-23(29)16-6-7-19-17(12-16)13-20(26-19)15-8-10-25-11-9-15/h1-13,21,26H,14H2,(H2,24,28)(H,27,29)/t21-/m0/s1. The molecular formula is C23H20N4O2S. The number of carbonyl (C=O) groups is 2. The van der Waals surface area contributed by atoms with Crippen molar-refractivity contribution in [3.05, 3.63) is 84.7 Å². The molecule has 0 radical (unpaired) electrons. The van der Waals surface area contributed by atoms with E-state index in [1.165, 1.54) is 11.8 Å². The number of nitrogens with zero attached hydrogens (tertiary/aromatic N) is 1. The zero-order valence-corrected chi connectivity index (χ0v) is 16.9. The molecule has 2 amide bonds. The Kier molecular flexibility index (Phi) is 5.81. The van der Waals surface area contributed by atoms with Crippen LogP contribution >= 0.6 is 11.8 Å². The fourth-order valence-electron chi connectivity index (χ4n) is 3.09. The number of thioether (sulfide) groups is 1. The molecule has 0 bridgehead atoms. The van der Waals surface area contributed by atoms with E-state index in [2.05, 4.69) is 15.3 Å². The molecule has 0 saturated carbocycles. The number of aromatic nitrogens is 2. The lowest BCUT2D eigenvalue weighted by Gasteiger charge is -2.15. The Morgan fingerprint density at radius 2 is 1.80 bits per heavy atom. The van der Waals surface area contributed by atoms with Gasteiger partial charge in [-0.25, -0.2) is 0 Å². The van der Waals surface area contributed by atoms with Gasteiger partial charge in [-0.15, -0.1) is 11.8 Å². The highest BCUT2D eigenvalue weighted by Gasteiger charge is 2.19. The summed E-state index contributed by atoms with van der Waals surface area (Å²) < 4.78 is 0. The number of hydrogen-bond acceptors (Lipinski definition) is 4. The van der Waals surface area contributed by atoms with E-state index in [1.54, 1.807) is 24.5 Å². The maximum atomic E-state index is 12.7. The van der Waals surface area contributed by atoms with Crippen LogP contribution in [-0.2, 0) is 4.79 Å². The molecule has 150 valence electrons. The molecule has 0 aliphatic carbocycles. The molecule has 0 spiro atoms. The van der Waals surface area contributed by atoms with Gasteiger partial charge in [-0.2, -0.15) is 0 Å². The van der Waals surface area contributed by atoms with Crippen molar-refractivity contribution in [2.45, 2.75) is 10.9 Å². The number of amides is 2. The van der Waals surface area contributed by atoms with Crippen LogP contribution in [0.4, 0.5) is 0 Å². The quantitative estimate of drug-likeness (QED) is 0.401. The summed E-state index contributed by atoms with van der Waals surface area (Å²) in [7, 11) is 0. The molecule has 7 heteroatoms. The predicted octanol–water partition coefficient (Wildman–Crippen LogP) is 3.61. The lowest BCUT2D eigenvalue weighted by molar-refractivity contribution is -0.119. The third kappa shape index (κ3) is 4.52. The Morgan fingerprint density at radius 1 is 1.03 bits per heavy atom. The summed E-state index contributed by atoms with van der Waals surface area (Å²) in [5.41, 5.74) is 8.86. The number of pyridine rings is 1. The van der Waals surface area contributed by atoms with E-state index in [0.29, 0.717) is 11.3 Å². The highest BCUT2D eigenvalue weighted by atomic mass is 32.2. The normalized spacial score (nSPS) is 11.9. The lowest BCUT2D eigenvalue weighted by atomic mass is 10.1. The number of hydrogen-bond donors (Lipinski definition) is 3. The van der Waals surface area contributed by atoms with Crippen LogP contribution in [0.15, 0.2) is 84.0 Å². The van der Waals surface area contributed by atoms with Gasteiger partial charge in [-0.05, 0) is 48.5 Å². The highest BCUT2D eigenvalue weighted by molar-refractivity contribution is 7.99. The average Bonchev–Trinajstić information content (AvgIpc) is 3.21. The summed E-state index contributed by atoms with van der Waals surface area (Å²) in [6.07, 6.45) is 3.47. The number of rotatable bonds is 7. The van der Waals surface area contributed by atoms with Gasteiger partial charge in [0, 0.05) is 50.8 Å². The van der Waals surface area contributed by atoms with E-state index in [0.717, 1.165) is 27.1 Å². The first-order valence-electron chi connectivity index (χ1n) is 9.41. The number of nitrogens with two attached hydrogens (primary N) is 1. The van der Waals surface area contributed by atoms with E-state index >= 15 is 0 Å². The number of aromatic amines is 1. The number of fused-ring (bicyclic) bond motifs is 1. The van der Waals surface area contributed by atoms with Crippen molar-refractivity contribution < 1.29 is 9.59 Å². The molecule has 4 rings (SSSR count). The van der Waals surface area contributed by atoms with E-state index < -0.39 is 11.9 Å². The second kappa shape index (κ2) is 8.84. The van der Waals surface area contributed by atoms with Gasteiger partial charge in [0.1, 0.15) is 6.04 Å². The Labute approximate surface area is 177 Å². The Balaban J connectivity index is 1.49. The van der Waals surface area contributed by atoms with Gasteiger partial charge in [0.05, 0.1) is 0 Å². The first-order valence-corrected chi connectivity index (χ1v) is 10.4. The van der Waals surface area contributed by atoms with Crippen molar-refractivity contribution in [1.82, 2.24) is 15.3 Å². The summed E-state index contributed by atoms with van der Waals surface area (Å²) in [4.78, 5) is 33.0. The van der Waals surface area contributed by atoms with Gasteiger partial charge in [0.25, 0.3) is 5.91 Å². The molecule has 0 fully saturated rings. The van der Waals surface area contributed by atoms with Crippen molar-refractivity contribution in [2.75, 3.05) is 5.75 Å². The molecule has 2 heterocycles. The number of primary amides is 1. The topological polar surface area (TPSA) is 101 Å². The van der Waals surface area contributed by atoms with Gasteiger partial charge in [0.15, 0.2) is 0 Å². The molecule has 2 aromatic carbocycles. The number of nitrogens with one attached hydrogen (secondary N) is 2. The number of carbonyl (C=O) groups excluding carboxylic acids is 2. The van der Waals surface area contributed by atoms with Gasteiger partial charge in [-0.1, -0.05) is 18.2 Å². The second-order valence-electron chi connectivity index (χ2n) is 6.77. The van der Waals surface area contributed by atoms with Gasteiger partial charge < -0.3 is 16.0 Å². The van der Waals surface area contributed by atoms with Crippen molar-refractivity contribution in [2.24, 2.45) is 5.73 Å². The van der Waals surface area contributed by atoms with E-state index in [1.807, 2.05) is 54.6 Å². The van der Waals surface area contributed by atoms with Gasteiger partial charge in [0.2, 0.25) is 5.91 Å². The van der Waals surface area contributed by atoms with Crippen LogP contribution < -0.4 is 11.1 Å². The van der Waals surface area contributed by atoms with Crippen LogP contribution in [0.3, 0.4) is 0 Å². The van der Waals surface area contributed by atoms with Crippen LogP contribution in [-0.4, -0.2) is 33.6 Å². The van der Waals surface area contributed by atoms with Crippen molar-refractivity contribution >= 4 is 34.5 Å². The van der Waals surface area contributed by atoms with Gasteiger partial charge in [-0.3, -0.25) is 14.6 Å². The molecule has 1 atom stereocenters. The number of benzene rings is 2. The SMILES string of the molecule is NC(=O)[C@H](CSc1ccccc1)NC(=O)c1ccc2[nH]c(-c3ccncc3)cc2c1. The first kappa shape index (κ1) is 19.7. The van der Waals surface area contributed by atoms with Crippen molar-refractivity contribution in [3.63, 3.8) is 0 Å². The van der Waals surface area contributed by atoms with Crippen molar-refractivity contribution in [3.8, 4) is 11.3 Å². The predicted molar refractivity (Wildman–Crippen MR) is 119 cm³/mol. The average molecular weight is 417 g/mol. The van der Waals surface area contributed by atoms with E-state index in [9.17, 15) is 9.59 Å². The second-order valence-corrected chi connectivity index (χ2v) is 7.87. The first-order chi connectivity index (χ1) is 14.6. The fraction of sp³-hybridized carbons (Fsp3) is 0.0870. The van der Waals surface area contributed by atoms with E-state index in [4.69, 9.17) is 5.73 Å². The minimum Gasteiger partial charge on any atom is -0.368 e. The summed E-state index contributed by atoms with van der Waals surface area (Å²) in [5.74, 6) is -0.528. The zero-order valence-electron chi connectivity index (χ0n) is 16.0. The monoisotopic (exact) mass is 416 g/mol. The maximum Gasteiger partial charge on any atom is 0.251 e. The van der Waals surface area contributed by atoms with Crippen LogP contribution in [0.1, 0.15) is 10.4 Å². The molecule has 0 aliphatic heterocycles. The third-order valence-electron chi connectivity index (χ3n) is 4.68. The van der Waals surface area contributed by atoms with E-state index in [-0.39, 0.29) is 5.91 Å². The van der Waals surface area contributed by atoms with Crippen LogP contribution in [0, 0.1) is 0 Å². The summed E-state index contributed by atoms with van der Waals surface area (Å²) >= 11 is 1.47. The molecule has 0 unspecified atom stereocenters.